The second-order valence-electron chi connectivity index (χ2n) is 14.1. The van der Waals surface area contributed by atoms with Crippen LogP contribution in [0.4, 0.5) is 11.4 Å². The fourth-order valence-corrected chi connectivity index (χ4v) is 11.1. The van der Waals surface area contributed by atoms with Gasteiger partial charge in [0.05, 0.1) is 38.9 Å². The number of carbonyl (C=O) groups is 4. The van der Waals surface area contributed by atoms with Crippen molar-refractivity contribution in [3.8, 4) is 0 Å². The van der Waals surface area contributed by atoms with Gasteiger partial charge in [0, 0.05) is 47.6 Å². The number of piperidine rings is 2. The highest BCUT2D eigenvalue weighted by molar-refractivity contribution is 7.89. The summed E-state index contributed by atoms with van der Waals surface area (Å²) in [5, 5.41) is 15.8. The smallest absolute Gasteiger partial charge is 0.337 e. The van der Waals surface area contributed by atoms with Gasteiger partial charge in [0.25, 0.3) is 0 Å². The van der Waals surface area contributed by atoms with Gasteiger partial charge in [-0.25, -0.2) is 26.4 Å². The summed E-state index contributed by atoms with van der Waals surface area (Å²) in [5.41, 5.74) is 1.28. The zero-order chi connectivity index (χ0) is 40.9. The molecule has 0 aliphatic carbocycles. The summed E-state index contributed by atoms with van der Waals surface area (Å²) < 4.78 is 59.1. The van der Waals surface area contributed by atoms with Crippen molar-refractivity contribution in [2.24, 2.45) is 0 Å². The van der Waals surface area contributed by atoms with Crippen LogP contribution < -0.4 is 10.6 Å². The zero-order valence-electron chi connectivity index (χ0n) is 30.3. The molecule has 0 bridgehead atoms. The van der Waals surface area contributed by atoms with Crippen LogP contribution in [0.5, 0.6) is 0 Å². The Hall–Kier alpha value is -4.84. The third-order valence-corrected chi connectivity index (χ3v) is 15.5. The van der Waals surface area contributed by atoms with Crippen molar-refractivity contribution in [2.45, 2.75) is 46.3 Å². The highest BCUT2D eigenvalue weighted by atomic mass is 35.5. The first-order chi connectivity index (χ1) is 27.0. The van der Waals surface area contributed by atoms with E-state index in [2.05, 4.69) is 10.6 Å². The van der Waals surface area contributed by atoms with Crippen LogP contribution in [0, 0.1) is 0 Å². The number of sulfonamides is 2. The molecule has 4 heterocycles. The third-order valence-electron chi connectivity index (χ3n) is 11.2. The number of amides is 2. The molecule has 57 heavy (non-hydrogen) atoms. The lowest BCUT2D eigenvalue weighted by molar-refractivity contribution is -0.122. The van der Waals surface area contributed by atoms with E-state index in [4.69, 9.17) is 27.9 Å². The largest absolute Gasteiger partial charge is 0.478 e. The van der Waals surface area contributed by atoms with Crippen molar-refractivity contribution in [1.29, 1.82) is 0 Å². The van der Waals surface area contributed by atoms with Crippen molar-refractivity contribution in [2.75, 3.05) is 43.9 Å². The number of carboxylic acid groups (broad SMARTS) is 1. The second kappa shape index (κ2) is 15.2. The summed E-state index contributed by atoms with van der Waals surface area (Å²) in [6, 6.07) is 21.5. The number of nitrogens with zero attached hydrogens (tertiary/aromatic N) is 2. The minimum atomic E-state index is -3.69. The molecule has 8 rings (SSSR count). The summed E-state index contributed by atoms with van der Waals surface area (Å²) >= 11 is 11.7. The van der Waals surface area contributed by atoms with Crippen LogP contribution >= 0.6 is 23.2 Å². The van der Waals surface area contributed by atoms with Crippen LogP contribution in [0.3, 0.4) is 0 Å². The Bertz CT molecular complexity index is 2520. The third kappa shape index (κ3) is 7.19. The van der Waals surface area contributed by atoms with Crippen LogP contribution in [0.15, 0.2) is 94.7 Å². The predicted molar refractivity (Wildman–Crippen MR) is 211 cm³/mol. The maximum atomic E-state index is 12.9. The summed E-state index contributed by atoms with van der Waals surface area (Å²) in [5.74, 6) is -1.93. The maximum absolute atomic E-state index is 12.9. The number of methoxy groups -OCH3 is 1. The molecule has 4 aliphatic heterocycles. The van der Waals surface area contributed by atoms with E-state index in [-0.39, 0.29) is 66.2 Å². The zero-order valence-corrected chi connectivity index (χ0v) is 33.5. The number of rotatable bonds is 6. The first-order valence-corrected chi connectivity index (χ1v) is 21.4. The first-order valence-electron chi connectivity index (χ1n) is 17.8. The van der Waals surface area contributed by atoms with Crippen molar-refractivity contribution in [3.05, 3.63) is 117 Å². The molecule has 0 unspecified atom stereocenters. The van der Waals surface area contributed by atoms with Crippen molar-refractivity contribution in [1.82, 2.24) is 8.61 Å². The van der Waals surface area contributed by atoms with Gasteiger partial charge in [0.2, 0.25) is 31.9 Å². The molecule has 0 aromatic heterocycles. The number of fused-ring (bicyclic) bond motifs is 4. The molecule has 3 N–H and O–H groups in total. The van der Waals surface area contributed by atoms with E-state index in [1.807, 2.05) is 0 Å². The van der Waals surface area contributed by atoms with E-state index in [0.29, 0.717) is 51.0 Å². The van der Waals surface area contributed by atoms with Crippen LogP contribution in [-0.2, 0) is 45.2 Å². The molecule has 0 radical (unpaired) electrons. The quantitative estimate of drug-likeness (QED) is 0.208. The highest BCUT2D eigenvalue weighted by Gasteiger charge is 2.51. The average Bonchev–Trinajstić information content (AvgIpc) is 3.62. The van der Waals surface area contributed by atoms with E-state index in [1.54, 1.807) is 24.3 Å². The van der Waals surface area contributed by atoms with Crippen LogP contribution in [0.1, 0.15) is 57.5 Å². The highest BCUT2D eigenvalue weighted by Crippen LogP contribution is 2.47. The van der Waals surface area contributed by atoms with E-state index < -0.39 is 42.8 Å². The molecule has 0 saturated carbocycles. The number of hydrogen-bond acceptors (Lipinski definition) is 9. The number of carbonyl (C=O) groups excluding carboxylic acids is 3. The first kappa shape index (κ1) is 40.4. The molecule has 2 fully saturated rings. The Labute approximate surface area is 338 Å². The van der Waals surface area contributed by atoms with Gasteiger partial charge >= 0.3 is 11.9 Å². The molecule has 14 nitrogen and oxygen atoms in total. The monoisotopic (exact) mass is 854 g/mol. The van der Waals surface area contributed by atoms with Crippen molar-refractivity contribution in [3.63, 3.8) is 0 Å². The van der Waals surface area contributed by atoms with Crippen molar-refractivity contribution < 1.29 is 45.9 Å². The summed E-state index contributed by atoms with van der Waals surface area (Å²) in [6.45, 7) is 0.713. The van der Waals surface area contributed by atoms with Gasteiger partial charge in [-0.1, -0.05) is 23.2 Å². The van der Waals surface area contributed by atoms with E-state index >= 15 is 0 Å². The van der Waals surface area contributed by atoms with Crippen LogP contribution in [0.25, 0.3) is 0 Å². The fraction of sp³-hybridized carbons (Fsp3) is 0.282. The number of carboxylic acids is 1. The Balaban J connectivity index is 0.000000174. The predicted octanol–water partition coefficient (Wildman–Crippen LogP) is 5.51. The van der Waals surface area contributed by atoms with E-state index in [0.717, 1.165) is 0 Å². The number of hydrogen-bond donors (Lipinski definition) is 3. The molecule has 18 heteroatoms. The number of aromatic carboxylic acids is 1. The van der Waals surface area contributed by atoms with Gasteiger partial charge in [-0.05, 0) is 122 Å². The average molecular weight is 856 g/mol. The molecule has 2 spiro atoms. The molecule has 4 aromatic carbocycles. The van der Waals surface area contributed by atoms with E-state index in [1.165, 1.54) is 76.4 Å². The van der Waals surface area contributed by atoms with Gasteiger partial charge in [0.15, 0.2) is 0 Å². The topological polar surface area (TPSA) is 197 Å². The molecular formula is C39H36Cl2N4O10S2. The molecule has 4 aliphatic rings. The lowest BCUT2D eigenvalue weighted by Gasteiger charge is -2.37. The lowest BCUT2D eigenvalue weighted by Crippen LogP contribution is -2.48. The van der Waals surface area contributed by atoms with Crippen LogP contribution in [-0.4, -0.2) is 87.6 Å². The van der Waals surface area contributed by atoms with Crippen LogP contribution in [0.2, 0.25) is 10.0 Å². The molecule has 0 atom stereocenters. The number of ether oxygens (including phenoxy) is 1. The normalized spacial score (nSPS) is 18.5. The molecule has 2 saturated heterocycles. The minimum Gasteiger partial charge on any atom is -0.478 e. The number of nitrogens with one attached hydrogen (secondary N) is 2. The Kier molecular flexibility index (Phi) is 10.7. The van der Waals surface area contributed by atoms with Gasteiger partial charge in [-0.2, -0.15) is 8.61 Å². The Morgan fingerprint density at radius 2 is 1.00 bits per heavy atom. The maximum Gasteiger partial charge on any atom is 0.337 e. The Morgan fingerprint density at radius 1 is 0.632 bits per heavy atom. The van der Waals surface area contributed by atoms with Gasteiger partial charge in [0.1, 0.15) is 0 Å². The Morgan fingerprint density at radius 3 is 1.37 bits per heavy atom. The summed E-state index contributed by atoms with van der Waals surface area (Å²) in [4.78, 5) is 49.1. The second-order valence-corrected chi connectivity index (χ2v) is 18.9. The molecule has 2 amide bonds. The molecule has 4 aromatic rings. The molecular weight excluding hydrogens is 819 g/mol. The number of halogens is 2. The minimum absolute atomic E-state index is 0.103. The molecule has 298 valence electrons. The van der Waals surface area contributed by atoms with Crippen molar-refractivity contribution >= 4 is 78.4 Å². The van der Waals surface area contributed by atoms with Gasteiger partial charge in [-0.3, -0.25) is 9.59 Å². The van der Waals surface area contributed by atoms with Gasteiger partial charge in [-0.15, -0.1) is 0 Å². The fourth-order valence-electron chi connectivity index (χ4n) is 7.93. The SMILES string of the molecule is COC(=O)c1ccc2c(c1)C1(CCN(S(=O)(=O)c3ccc(Cl)cc3)CC1)C(=O)N2.O=C(O)c1ccc2c(c1)C1(CCN(S(=O)(=O)c3ccc(Cl)cc3)CC1)C(=O)N2. The number of benzene rings is 4. The number of esters is 1. The van der Waals surface area contributed by atoms with Gasteiger partial charge < -0.3 is 20.5 Å². The number of anilines is 2. The lowest BCUT2D eigenvalue weighted by atomic mass is 9.74. The summed E-state index contributed by atoms with van der Waals surface area (Å²) in [6.07, 6.45) is 1.20. The van der Waals surface area contributed by atoms with E-state index in [9.17, 15) is 41.1 Å². The standard InChI is InChI=1S/C20H19ClN2O5S.C19H17ClN2O5S/c1-28-18(24)13-2-7-17-16(12-13)20(19(25)22-17)8-10-23(11-9-20)29(26,27)15-5-3-14(21)4-6-15;20-13-2-4-14(5-3-13)28(26,27)22-9-7-19(8-10-22)15-11-12(17(23)24)1-6-16(15)21-18(19)25/h2-7,12H,8-11H2,1H3,(H,22,25);1-6,11H,7-10H2,(H,21,25)(H,23,24). The summed E-state index contributed by atoms with van der Waals surface area (Å²) in [7, 11) is -6.07.